The molecule has 2 unspecified atom stereocenters. The minimum atomic E-state index is -0.949. The van der Waals surface area contributed by atoms with E-state index >= 15 is 0 Å². The number of carbonyl (C=O) groups excluding carboxylic acids is 3. The molecule has 1 heterocycles. The summed E-state index contributed by atoms with van der Waals surface area (Å²) in [6, 6.07) is -0.834. The molecule has 1 rings (SSSR count). The maximum absolute atomic E-state index is 11.9. The Morgan fingerprint density at radius 3 is 2.88 bits per heavy atom. The van der Waals surface area contributed by atoms with Gasteiger partial charge in [-0.15, -0.1) is 0 Å². The summed E-state index contributed by atoms with van der Waals surface area (Å²) in [5.74, 6) is -2.00. The molecule has 0 spiro atoms. The van der Waals surface area contributed by atoms with E-state index in [-0.39, 0.29) is 0 Å². The summed E-state index contributed by atoms with van der Waals surface area (Å²) >= 11 is 0. The average Bonchev–Trinajstić information content (AvgIpc) is 2.74. The van der Waals surface area contributed by atoms with Gasteiger partial charge in [-0.05, 0) is 31.9 Å². The van der Waals surface area contributed by atoms with Crippen molar-refractivity contribution < 1.29 is 19.1 Å². The minimum Gasteiger partial charge on any atom is -0.434 e. The Bertz CT molecular complexity index is 372. The van der Waals surface area contributed by atoms with E-state index in [0.717, 1.165) is 6.42 Å². The van der Waals surface area contributed by atoms with Crippen molar-refractivity contribution in [2.75, 3.05) is 6.54 Å². The summed E-state index contributed by atoms with van der Waals surface area (Å²) in [4.78, 5) is 36.8. The van der Waals surface area contributed by atoms with Crippen molar-refractivity contribution in [2.24, 2.45) is 16.6 Å². The van der Waals surface area contributed by atoms with Crippen LogP contribution in [0.1, 0.15) is 19.3 Å². The van der Waals surface area contributed by atoms with Crippen molar-refractivity contribution >= 4 is 17.8 Å². The first kappa shape index (κ1) is 13.3. The van der Waals surface area contributed by atoms with E-state index in [0.29, 0.717) is 19.4 Å². The number of rotatable bonds is 7. The highest BCUT2D eigenvalue weighted by Gasteiger charge is 2.34. The molecule has 0 aromatic rings. The van der Waals surface area contributed by atoms with Crippen LogP contribution in [0.4, 0.5) is 0 Å². The fourth-order valence-electron chi connectivity index (χ4n) is 1.57. The molecule has 0 aromatic heterocycles. The molecule has 1 aliphatic heterocycles. The van der Waals surface area contributed by atoms with Crippen molar-refractivity contribution in [3.63, 3.8) is 0 Å². The van der Waals surface area contributed by atoms with E-state index in [4.69, 9.17) is 5.73 Å². The number of cyclic esters (lactones) is 1. The molecule has 0 saturated heterocycles. The molecule has 6 nitrogen and oxygen atoms in total. The van der Waals surface area contributed by atoms with Gasteiger partial charge in [-0.1, -0.05) is 0 Å². The number of hydrogen-bond acceptors (Lipinski definition) is 6. The molecule has 2 N–H and O–H groups in total. The highest BCUT2D eigenvalue weighted by atomic mass is 16.5. The Balaban J connectivity index is 2.63. The van der Waals surface area contributed by atoms with Crippen LogP contribution in [0.5, 0.6) is 0 Å². The molecule has 0 radical (unpaired) electrons. The van der Waals surface area contributed by atoms with Gasteiger partial charge in [-0.3, -0.25) is 9.59 Å². The SMILES string of the molecule is NCCCCC(N=C=O)C(=O)C1C=COC1=O. The van der Waals surface area contributed by atoms with Gasteiger partial charge in [-0.2, -0.15) is 4.99 Å². The van der Waals surface area contributed by atoms with Gasteiger partial charge in [0.2, 0.25) is 6.08 Å². The summed E-state index contributed by atoms with van der Waals surface area (Å²) in [6.45, 7) is 0.511. The molecular weight excluding hydrogens is 224 g/mol. The van der Waals surface area contributed by atoms with Crippen molar-refractivity contribution in [3.05, 3.63) is 12.3 Å². The zero-order chi connectivity index (χ0) is 12.7. The summed E-state index contributed by atoms with van der Waals surface area (Å²) in [6.07, 6.45) is 5.70. The second kappa shape index (κ2) is 6.73. The number of nitrogens with two attached hydrogens (primary N) is 1. The number of hydrogen-bond donors (Lipinski definition) is 1. The summed E-state index contributed by atoms with van der Waals surface area (Å²) in [5, 5.41) is 0. The first-order valence-electron chi connectivity index (χ1n) is 5.38. The largest absolute Gasteiger partial charge is 0.434 e. The zero-order valence-corrected chi connectivity index (χ0v) is 9.30. The van der Waals surface area contributed by atoms with Crippen molar-refractivity contribution in [3.8, 4) is 0 Å². The Morgan fingerprint density at radius 2 is 2.35 bits per heavy atom. The third-order valence-electron chi connectivity index (χ3n) is 2.48. The number of ether oxygens (including phenoxy) is 1. The molecule has 0 fully saturated rings. The Labute approximate surface area is 98.5 Å². The van der Waals surface area contributed by atoms with E-state index in [2.05, 4.69) is 9.73 Å². The number of esters is 1. The second-order valence-corrected chi connectivity index (χ2v) is 3.67. The van der Waals surface area contributed by atoms with Gasteiger partial charge in [0.1, 0.15) is 12.0 Å². The maximum Gasteiger partial charge on any atom is 0.325 e. The molecule has 0 aliphatic carbocycles. The van der Waals surface area contributed by atoms with Gasteiger partial charge in [0.25, 0.3) is 0 Å². The van der Waals surface area contributed by atoms with Gasteiger partial charge < -0.3 is 10.5 Å². The normalized spacial score (nSPS) is 19.6. The lowest BCUT2D eigenvalue weighted by Crippen LogP contribution is -2.29. The van der Waals surface area contributed by atoms with Crippen LogP contribution in [0.2, 0.25) is 0 Å². The molecule has 0 bridgehead atoms. The standard InChI is InChI=1S/C11H14N2O4/c12-5-2-1-3-9(13-7-14)10(15)8-4-6-17-11(8)16/h4,6,8-9H,1-3,5,12H2. The van der Waals surface area contributed by atoms with Crippen LogP contribution >= 0.6 is 0 Å². The number of Topliss-reactive ketones (excluding diaryl/α,β-unsaturated/α-hetero) is 1. The van der Waals surface area contributed by atoms with Crippen molar-refractivity contribution in [2.45, 2.75) is 25.3 Å². The van der Waals surface area contributed by atoms with Crippen molar-refractivity contribution in [1.82, 2.24) is 0 Å². The fourth-order valence-corrected chi connectivity index (χ4v) is 1.57. The molecule has 6 heteroatoms. The number of nitrogens with zero attached hydrogens (tertiary/aromatic N) is 1. The van der Waals surface area contributed by atoms with Crippen LogP contribution in [0.3, 0.4) is 0 Å². The highest BCUT2D eigenvalue weighted by molar-refractivity contribution is 6.04. The van der Waals surface area contributed by atoms with E-state index in [9.17, 15) is 14.4 Å². The van der Waals surface area contributed by atoms with Gasteiger partial charge in [0.15, 0.2) is 5.78 Å². The lowest BCUT2D eigenvalue weighted by molar-refractivity contribution is -0.143. The minimum absolute atomic E-state index is 0.392. The fraction of sp³-hybridized carbons (Fsp3) is 0.545. The van der Waals surface area contributed by atoms with Crippen molar-refractivity contribution in [1.29, 1.82) is 0 Å². The smallest absolute Gasteiger partial charge is 0.325 e. The lowest BCUT2D eigenvalue weighted by Gasteiger charge is -2.11. The summed E-state index contributed by atoms with van der Waals surface area (Å²) in [7, 11) is 0. The molecule has 0 saturated carbocycles. The van der Waals surface area contributed by atoms with Crippen LogP contribution < -0.4 is 5.73 Å². The molecule has 1 aliphatic rings. The molecule has 0 amide bonds. The monoisotopic (exact) mass is 238 g/mol. The van der Waals surface area contributed by atoms with E-state index in [1.807, 2.05) is 0 Å². The van der Waals surface area contributed by atoms with Crippen LogP contribution in [0, 0.1) is 5.92 Å². The number of isocyanates is 1. The molecular formula is C11H14N2O4. The predicted octanol–water partition coefficient (Wildman–Crippen LogP) is 0.0756. The Hall–Kier alpha value is -1.78. The molecule has 0 aromatic carbocycles. The third-order valence-corrected chi connectivity index (χ3v) is 2.48. The van der Waals surface area contributed by atoms with Crippen LogP contribution in [0.25, 0.3) is 0 Å². The van der Waals surface area contributed by atoms with E-state index in [1.165, 1.54) is 18.4 Å². The predicted molar refractivity (Wildman–Crippen MR) is 58.5 cm³/mol. The molecule has 17 heavy (non-hydrogen) atoms. The van der Waals surface area contributed by atoms with Gasteiger partial charge in [-0.25, -0.2) is 4.79 Å². The van der Waals surface area contributed by atoms with Crippen LogP contribution in [-0.4, -0.2) is 30.4 Å². The molecule has 2 atom stereocenters. The van der Waals surface area contributed by atoms with Gasteiger partial charge in [0, 0.05) is 0 Å². The first-order valence-corrected chi connectivity index (χ1v) is 5.38. The van der Waals surface area contributed by atoms with E-state index in [1.54, 1.807) is 0 Å². The maximum atomic E-state index is 11.9. The second-order valence-electron chi connectivity index (χ2n) is 3.67. The Kier molecular flexibility index (Phi) is 5.26. The highest BCUT2D eigenvalue weighted by Crippen LogP contribution is 2.17. The first-order chi connectivity index (χ1) is 8.20. The Morgan fingerprint density at radius 1 is 1.59 bits per heavy atom. The van der Waals surface area contributed by atoms with E-state index < -0.39 is 23.7 Å². The number of carbonyl (C=O) groups is 2. The summed E-state index contributed by atoms with van der Waals surface area (Å²) in [5.41, 5.74) is 5.33. The van der Waals surface area contributed by atoms with Gasteiger partial charge >= 0.3 is 5.97 Å². The zero-order valence-electron chi connectivity index (χ0n) is 9.30. The number of unbranched alkanes of at least 4 members (excludes halogenated alkanes) is 1. The lowest BCUT2D eigenvalue weighted by atomic mass is 9.95. The molecule has 92 valence electrons. The topological polar surface area (TPSA) is 98.8 Å². The quantitative estimate of drug-likeness (QED) is 0.222. The third kappa shape index (κ3) is 3.62. The van der Waals surface area contributed by atoms with Crippen LogP contribution in [0.15, 0.2) is 17.3 Å². The summed E-state index contributed by atoms with van der Waals surface area (Å²) < 4.78 is 4.54. The number of aliphatic imine (C=N–C) groups is 1. The van der Waals surface area contributed by atoms with Gasteiger partial charge in [0.05, 0.1) is 6.26 Å². The average molecular weight is 238 g/mol. The van der Waals surface area contributed by atoms with Crippen LogP contribution in [-0.2, 0) is 19.1 Å². The number of ketones is 1.